The highest BCUT2D eigenvalue weighted by atomic mass is 15.1. The predicted octanol–water partition coefficient (Wildman–Crippen LogP) is 3.93. The lowest BCUT2D eigenvalue weighted by molar-refractivity contribution is 0.206. The van der Waals surface area contributed by atoms with Gasteiger partial charge in [-0.25, -0.2) is 0 Å². The number of benzene rings is 1. The summed E-state index contributed by atoms with van der Waals surface area (Å²) in [5.41, 5.74) is 13.2. The number of rotatable bonds is 1. The van der Waals surface area contributed by atoms with Crippen LogP contribution in [-0.2, 0) is 0 Å². The molecule has 124 valence electrons. The summed E-state index contributed by atoms with van der Waals surface area (Å²) in [4.78, 5) is 7.22. The molecule has 1 atom stereocenters. The van der Waals surface area contributed by atoms with Crippen LogP contribution in [0.1, 0.15) is 46.7 Å². The third kappa shape index (κ3) is 2.73. The van der Waals surface area contributed by atoms with Crippen molar-refractivity contribution in [1.82, 2.24) is 9.88 Å². The van der Waals surface area contributed by atoms with E-state index >= 15 is 0 Å². The summed E-state index contributed by atoms with van der Waals surface area (Å²) in [5, 5.41) is 0. The van der Waals surface area contributed by atoms with Gasteiger partial charge in [0.15, 0.2) is 0 Å². The SMILES string of the molecule is Cc1ccc2c(c1)C=Cc1cc(N)cnc1C2C1CCN(C)CC1. The van der Waals surface area contributed by atoms with Gasteiger partial charge in [0, 0.05) is 5.92 Å². The molecule has 0 amide bonds. The minimum Gasteiger partial charge on any atom is -0.397 e. The number of nitrogen functional groups attached to an aromatic ring is 1. The van der Waals surface area contributed by atoms with E-state index in [-0.39, 0.29) is 0 Å². The van der Waals surface area contributed by atoms with E-state index in [1.54, 1.807) is 0 Å². The summed E-state index contributed by atoms with van der Waals surface area (Å²) in [6.07, 6.45) is 8.68. The average molecular weight is 319 g/mol. The summed E-state index contributed by atoms with van der Waals surface area (Å²) in [7, 11) is 2.22. The van der Waals surface area contributed by atoms with E-state index in [4.69, 9.17) is 10.7 Å². The lowest BCUT2D eigenvalue weighted by Crippen LogP contribution is -2.33. The zero-order chi connectivity index (χ0) is 16.7. The number of hydrogen-bond donors (Lipinski definition) is 1. The molecule has 4 rings (SSSR count). The number of piperidine rings is 1. The Hall–Kier alpha value is -2.13. The Morgan fingerprint density at radius 1 is 1.08 bits per heavy atom. The van der Waals surface area contributed by atoms with E-state index in [0.717, 1.165) is 5.69 Å². The van der Waals surface area contributed by atoms with Gasteiger partial charge in [-0.05, 0) is 68.6 Å². The van der Waals surface area contributed by atoms with Crippen molar-refractivity contribution in [3.63, 3.8) is 0 Å². The Labute approximate surface area is 144 Å². The molecule has 0 saturated carbocycles. The number of fused-ring (bicyclic) bond motifs is 2. The van der Waals surface area contributed by atoms with Crippen LogP contribution in [0.25, 0.3) is 12.2 Å². The fourth-order valence-electron chi connectivity index (χ4n) is 4.19. The topological polar surface area (TPSA) is 42.1 Å². The monoisotopic (exact) mass is 319 g/mol. The van der Waals surface area contributed by atoms with Crippen LogP contribution in [0.2, 0.25) is 0 Å². The summed E-state index contributed by atoms with van der Waals surface area (Å²) in [6, 6.07) is 8.91. The maximum Gasteiger partial charge on any atom is 0.0555 e. The van der Waals surface area contributed by atoms with Crippen molar-refractivity contribution in [2.24, 2.45) is 5.92 Å². The van der Waals surface area contributed by atoms with Crippen molar-refractivity contribution >= 4 is 17.8 Å². The standard InChI is InChI=1S/C21H25N3/c1-14-3-6-19-16(11-14)4-5-17-12-18(22)13-23-21(17)20(19)15-7-9-24(2)10-8-15/h3-6,11-13,15,20H,7-10,22H2,1-2H3. The molecule has 3 nitrogen and oxygen atoms in total. The molecular weight excluding hydrogens is 294 g/mol. The first kappa shape index (κ1) is 15.4. The molecule has 1 unspecified atom stereocenters. The van der Waals surface area contributed by atoms with Crippen molar-refractivity contribution in [2.45, 2.75) is 25.7 Å². The highest BCUT2D eigenvalue weighted by Crippen LogP contribution is 2.42. The summed E-state index contributed by atoms with van der Waals surface area (Å²) in [5.74, 6) is 0.998. The van der Waals surface area contributed by atoms with Crippen LogP contribution in [0.4, 0.5) is 5.69 Å². The number of aryl methyl sites for hydroxylation is 1. The Morgan fingerprint density at radius 3 is 2.62 bits per heavy atom. The molecule has 2 aliphatic rings. The van der Waals surface area contributed by atoms with Crippen molar-refractivity contribution in [3.05, 3.63) is 58.4 Å². The van der Waals surface area contributed by atoms with Crippen LogP contribution in [0.3, 0.4) is 0 Å². The molecule has 2 aromatic rings. The Morgan fingerprint density at radius 2 is 1.83 bits per heavy atom. The zero-order valence-electron chi connectivity index (χ0n) is 14.5. The molecule has 24 heavy (non-hydrogen) atoms. The minimum atomic E-state index is 0.361. The Bertz CT molecular complexity index is 730. The lowest BCUT2D eigenvalue weighted by Gasteiger charge is -2.35. The summed E-state index contributed by atoms with van der Waals surface area (Å²) >= 11 is 0. The first-order chi connectivity index (χ1) is 11.6. The molecule has 1 aromatic heterocycles. The molecule has 1 fully saturated rings. The lowest BCUT2D eigenvalue weighted by atomic mass is 9.76. The molecule has 1 aliphatic carbocycles. The van der Waals surface area contributed by atoms with Crippen molar-refractivity contribution in [2.75, 3.05) is 25.9 Å². The number of aromatic nitrogens is 1. The molecule has 0 bridgehead atoms. The van der Waals surface area contributed by atoms with Gasteiger partial charge in [-0.3, -0.25) is 4.98 Å². The van der Waals surface area contributed by atoms with Gasteiger partial charge in [0.2, 0.25) is 0 Å². The number of hydrogen-bond acceptors (Lipinski definition) is 3. The van der Waals surface area contributed by atoms with Crippen LogP contribution in [0.5, 0.6) is 0 Å². The summed E-state index contributed by atoms with van der Waals surface area (Å²) in [6.45, 7) is 4.49. The van der Waals surface area contributed by atoms with Crippen molar-refractivity contribution < 1.29 is 0 Å². The fraction of sp³-hybridized carbons (Fsp3) is 0.381. The van der Waals surface area contributed by atoms with E-state index in [1.807, 2.05) is 6.20 Å². The van der Waals surface area contributed by atoms with Gasteiger partial charge >= 0.3 is 0 Å². The number of likely N-dealkylation sites (tertiary alicyclic amines) is 1. The second kappa shape index (κ2) is 6.06. The van der Waals surface area contributed by atoms with Gasteiger partial charge in [-0.2, -0.15) is 0 Å². The third-order valence-corrected chi connectivity index (χ3v) is 5.52. The number of anilines is 1. The summed E-state index contributed by atoms with van der Waals surface area (Å²) < 4.78 is 0. The van der Waals surface area contributed by atoms with Gasteiger partial charge in [0.05, 0.1) is 17.6 Å². The molecule has 2 heterocycles. The van der Waals surface area contributed by atoms with Crippen LogP contribution in [0.15, 0.2) is 30.5 Å². The largest absolute Gasteiger partial charge is 0.397 e. The van der Waals surface area contributed by atoms with Crippen molar-refractivity contribution in [1.29, 1.82) is 0 Å². The van der Waals surface area contributed by atoms with E-state index < -0.39 is 0 Å². The normalized spacial score (nSPS) is 21.2. The van der Waals surface area contributed by atoms with E-state index in [1.165, 1.54) is 53.9 Å². The molecular formula is C21H25N3. The molecule has 2 N–H and O–H groups in total. The van der Waals surface area contributed by atoms with Gasteiger partial charge in [0.1, 0.15) is 0 Å². The zero-order valence-corrected chi connectivity index (χ0v) is 14.5. The average Bonchev–Trinajstić information content (AvgIpc) is 2.72. The molecule has 1 saturated heterocycles. The van der Waals surface area contributed by atoms with E-state index in [2.05, 4.69) is 55.3 Å². The molecule has 1 aliphatic heterocycles. The first-order valence-corrected chi connectivity index (χ1v) is 8.84. The van der Waals surface area contributed by atoms with E-state index in [9.17, 15) is 0 Å². The van der Waals surface area contributed by atoms with Crippen LogP contribution < -0.4 is 5.73 Å². The van der Waals surface area contributed by atoms with Gasteiger partial charge in [0.25, 0.3) is 0 Å². The quantitative estimate of drug-likeness (QED) is 0.866. The molecule has 0 radical (unpaired) electrons. The second-order valence-corrected chi connectivity index (χ2v) is 7.33. The molecule has 0 spiro atoms. The Balaban J connectivity index is 1.85. The number of pyridine rings is 1. The highest BCUT2D eigenvalue weighted by molar-refractivity contribution is 5.77. The highest BCUT2D eigenvalue weighted by Gasteiger charge is 2.32. The number of nitrogens with zero attached hydrogens (tertiary/aromatic N) is 2. The van der Waals surface area contributed by atoms with Crippen LogP contribution in [-0.4, -0.2) is 30.0 Å². The number of nitrogens with two attached hydrogens (primary N) is 1. The minimum absolute atomic E-state index is 0.361. The van der Waals surface area contributed by atoms with Crippen LogP contribution >= 0.6 is 0 Å². The maximum atomic E-state index is 6.00. The van der Waals surface area contributed by atoms with Crippen molar-refractivity contribution in [3.8, 4) is 0 Å². The predicted molar refractivity (Wildman–Crippen MR) is 101 cm³/mol. The third-order valence-electron chi connectivity index (χ3n) is 5.52. The maximum absolute atomic E-state index is 6.00. The molecule has 3 heteroatoms. The Kier molecular flexibility index (Phi) is 3.89. The van der Waals surface area contributed by atoms with Gasteiger partial charge < -0.3 is 10.6 Å². The second-order valence-electron chi connectivity index (χ2n) is 7.33. The fourth-order valence-corrected chi connectivity index (χ4v) is 4.19. The van der Waals surface area contributed by atoms with Gasteiger partial charge in [-0.15, -0.1) is 0 Å². The van der Waals surface area contributed by atoms with Gasteiger partial charge in [-0.1, -0.05) is 35.9 Å². The molecule has 1 aromatic carbocycles. The van der Waals surface area contributed by atoms with E-state index in [0.29, 0.717) is 11.8 Å². The first-order valence-electron chi connectivity index (χ1n) is 8.84. The van der Waals surface area contributed by atoms with Crippen LogP contribution in [0, 0.1) is 12.8 Å². The smallest absolute Gasteiger partial charge is 0.0555 e.